The predicted molar refractivity (Wildman–Crippen MR) is 61.6 cm³/mol. The van der Waals surface area contributed by atoms with Gasteiger partial charge in [-0.05, 0) is 39.5 Å². The van der Waals surface area contributed by atoms with E-state index in [1.54, 1.807) is 0 Å². The first-order chi connectivity index (χ1) is 7.29. The molecule has 2 atom stereocenters. The fourth-order valence-electron chi connectivity index (χ4n) is 1.72. The highest BCUT2D eigenvalue weighted by Crippen LogP contribution is 2.43. The molecule has 2 heteroatoms. The standard InChI is InChI=1S/C13H24O2/c1-5-6-7-8-10-9-11(10)12(14)15-13(2,3)4/h10-11H,5-9H2,1-4H3/i11D. The van der Waals surface area contributed by atoms with Crippen LogP contribution in [0.3, 0.4) is 0 Å². The summed E-state index contributed by atoms with van der Waals surface area (Å²) in [6, 6.07) is 0. The zero-order valence-electron chi connectivity index (χ0n) is 11.4. The normalized spacial score (nSPS) is 30.9. The Kier molecular flexibility index (Phi) is 3.66. The van der Waals surface area contributed by atoms with E-state index in [0.29, 0.717) is 6.42 Å². The number of carbonyl (C=O) groups excluding carboxylic acids is 1. The first-order valence-electron chi connectivity index (χ1n) is 6.53. The minimum atomic E-state index is -0.930. The molecular formula is C13H24O2. The van der Waals surface area contributed by atoms with Crippen molar-refractivity contribution in [2.75, 3.05) is 0 Å². The smallest absolute Gasteiger partial charge is 0.309 e. The summed E-state index contributed by atoms with van der Waals surface area (Å²) >= 11 is 0. The number of hydrogen-bond donors (Lipinski definition) is 0. The van der Waals surface area contributed by atoms with Crippen LogP contribution in [-0.4, -0.2) is 11.6 Å². The van der Waals surface area contributed by atoms with E-state index < -0.39 is 11.5 Å². The molecule has 2 nitrogen and oxygen atoms in total. The van der Waals surface area contributed by atoms with Crippen LogP contribution < -0.4 is 0 Å². The Hall–Kier alpha value is -0.530. The van der Waals surface area contributed by atoms with Gasteiger partial charge >= 0.3 is 5.97 Å². The Balaban J connectivity index is 2.35. The van der Waals surface area contributed by atoms with E-state index in [-0.39, 0.29) is 11.9 Å². The van der Waals surface area contributed by atoms with E-state index in [9.17, 15) is 4.79 Å². The molecular weight excluding hydrogens is 188 g/mol. The molecule has 0 saturated heterocycles. The Labute approximate surface area is 94.8 Å². The maximum atomic E-state index is 11.8. The first kappa shape index (κ1) is 11.0. The van der Waals surface area contributed by atoms with E-state index in [0.717, 1.165) is 12.8 Å². The van der Waals surface area contributed by atoms with Crippen molar-refractivity contribution in [2.45, 2.75) is 65.4 Å². The molecule has 1 rings (SSSR count). The van der Waals surface area contributed by atoms with Gasteiger partial charge in [0.25, 0.3) is 0 Å². The molecule has 1 saturated carbocycles. The van der Waals surface area contributed by atoms with Gasteiger partial charge in [0.2, 0.25) is 0 Å². The number of rotatable bonds is 5. The first-order valence-corrected chi connectivity index (χ1v) is 6.03. The van der Waals surface area contributed by atoms with Crippen molar-refractivity contribution in [3.05, 3.63) is 0 Å². The average Bonchev–Trinajstić information content (AvgIpc) is 2.76. The molecule has 0 spiro atoms. The molecule has 88 valence electrons. The third-order valence-electron chi connectivity index (χ3n) is 2.62. The van der Waals surface area contributed by atoms with Crippen LogP contribution in [0.1, 0.15) is 61.2 Å². The van der Waals surface area contributed by atoms with Crippen molar-refractivity contribution < 1.29 is 10.9 Å². The highest BCUT2D eigenvalue weighted by molar-refractivity contribution is 5.76. The van der Waals surface area contributed by atoms with Gasteiger partial charge in [-0.2, -0.15) is 0 Å². The van der Waals surface area contributed by atoms with Crippen LogP contribution in [0.5, 0.6) is 0 Å². The van der Waals surface area contributed by atoms with Gasteiger partial charge < -0.3 is 4.74 Å². The molecule has 0 aromatic carbocycles. The van der Waals surface area contributed by atoms with Crippen molar-refractivity contribution in [1.82, 2.24) is 0 Å². The third kappa shape index (κ3) is 4.67. The average molecular weight is 213 g/mol. The number of ether oxygens (including phenoxy) is 1. The molecule has 0 amide bonds. The number of hydrogen-bond acceptors (Lipinski definition) is 2. The summed E-state index contributed by atoms with van der Waals surface area (Å²) in [6.45, 7) is 7.71. The summed E-state index contributed by atoms with van der Waals surface area (Å²) in [5.74, 6) is -1.03. The van der Waals surface area contributed by atoms with Gasteiger partial charge in [0, 0.05) is 1.37 Å². The minimum absolute atomic E-state index is 0.230. The molecule has 0 aromatic heterocycles. The van der Waals surface area contributed by atoms with E-state index >= 15 is 0 Å². The van der Waals surface area contributed by atoms with Crippen molar-refractivity contribution in [3.8, 4) is 0 Å². The molecule has 1 aliphatic rings. The molecule has 1 aliphatic carbocycles. The van der Waals surface area contributed by atoms with Gasteiger partial charge in [0.05, 0.1) is 5.89 Å². The number of unbranched alkanes of at least 4 members (excludes halogenated alkanes) is 2. The van der Waals surface area contributed by atoms with Gasteiger partial charge in [0.15, 0.2) is 0 Å². The van der Waals surface area contributed by atoms with Crippen molar-refractivity contribution in [1.29, 1.82) is 0 Å². The SMILES string of the molecule is [2H]C1(C(=O)OC(C)(C)C)CC1CCCCC. The van der Waals surface area contributed by atoms with Crippen molar-refractivity contribution >= 4 is 5.97 Å². The summed E-state index contributed by atoms with van der Waals surface area (Å²) in [6.07, 6.45) is 5.19. The van der Waals surface area contributed by atoms with Crippen LogP contribution in [0.4, 0.5) is 0 Å². The highest BCUT2D eigenvalue weighted by Gasteiger charge is 2.44. The van der Waals surface area contributed by atoms with Gasteiger partial charge in [0.1, 0.15) is 5.60 Å². The molecule has 0 radical (unpaired) electrons. The summed E-state index contributed by atoms with van der Waals surface area (Å²) in [4.78, 5) is 11.8. The predicted octanol–water partition coefficient (Wildman–Crippen LogP) is 3.54. The second kappa shape index (κ2) is 5.00. The van der Waals surface area contributed by atoms with Crippen molar-refractivity contribution in [2.24, 2.45) is 11.8 Å². The van der Waals surface area contributed by atoms with Crippen LogP contribution in [0.15, 0.2) is 0 Å². The quantitative estimate of drug-likeness (QED) is 0.515. The highest BCUT2D eigenvalue weighted by atomic mass is 16.6. The molecule has 2 unspecified atom stereocenters. The number of esters is 1. The summed E-state index contributed by atoms with van der Waals surface area (Å²) in [5, 5.41) is 0. The molecule has 0 bridgehead atoms. The third-order valence-corrected chi connectivity index (χ3v) is 2.62. The summed E-state index contributed by atoms with van der Waals surface area (Å²) in [7, 11) is 0. The van der Waals surface area contributed by atoms with Crippen LogP contribution in [-0.2, 0) is 9.53 Å². The topological polar surface area (TPSA) is 26.3 Å². The molecule has 15 heavy (non-hydrogen) atoms. The van der Waals surface area contributed by atoms with Crippen LogP contribution in [0, 0.1) is 11.8 Å². The lowest BCUT2D eigenvalue weighted by molar-refractivity contribution is -0.156. The van der Waals surface area contributed by atoms with E-state index in [1.165, 1.54) is 12.8 Å². The Morgan fingerprint density at radius 1 is 1.47 bits per heavy atom. The Bertz CT molecular complexity index is 257. The maximum absolute atomic E-state index is 11.8. The molecule has 0 aromatic rings. The summed E-state index contributed by atoms with van der Waals surface area (Å²) < 4.78 is 13.3. The lowest BCUT2D eigenvalue weighted by Gasteiger charge is -2.19. The molecule has 0 heterocycles. The van der Waals surface area contributed by atoms with Gasteiger partial charge in [-0.1, -0.05) is 26.2 Å². The van der Waals surface area contributed by atoms with Crippen LogP contribution in [0.2, 0.25) is 0 Å². The molecule has 1 fully saturated rings. The van der Waals surface area contributed by atoms with Crippen molar-refractivity contribution in [3.63, 3.8) is 0 Å². The fourth-order valence-corrected chi connectivity index (χ4v) is 1.72. The molecule has 0 N–H and O–H groups in total. The lowest BCUT2D eigenvalue weighted by atomic mass is 10.1. The lowest BCUT2D eigenvalue weighted by Crippen LogP contribution is -2.25. The van der Waals surface area contributed by atoms with Crippen LogP contribution >= 0.6 is 0 Å². The Morgan fingerprint density at radius 3 is 2.67 bits per heavy atom. The zero-order valence-corrected chi connectivity index (χ0v) is 10.4. The van der Waals surface area contributed by atoms with E-state index in [2.05, 4.69) is 6.92 Å². The molecule has 0 aliphatic heterocycles. The largest absolute Gasteiger partial charge is 0.460 e. The Morgan fingerprint density at radius 2 is 2.13 bits per heavy atom. The van der Waals surface area contributed by atoms with Gasteiger partial charge in [-0.15, -0.1) is 0 Å². The van der Waals surface area contributed by atoms with Gasteiger partial charge in [-0.25, -0.2) is 0 Å². The minimum Gasteiger partial charge on any atom is -0.460 e. The fraction of sp³-hybridized carbons (Fsp3) is 0.923. The zero-order chi connectivity index (χ0) is 12.4. The maximum Gasteiger partial charge on any atom is 0.309 e. The van der Waals surface area contributed by atoms with Gasteiger partial charge in [-0.3, -0.25) is 4.79 Å². The van der Waals surface area contributed by atoms with E-state index in [4.69, 9.17) is 6.11 Å². The number of carbonyl (C=O) groups is 1. The summed E-state index contributed by atoms with van der Waals surface area (Å²) in [5.41, 5.74) is -0.471. The van der Waals surface area contributed by atoms with E-state index in [1.807, 2.05) is 20.8 Å². The second-order valence-electron chi connectivity index (χ2n) is 5.42. The second-order valence-corrected chi connectivity index (χ2v) is 5.42. The van der Waals surface area contributed by atoms with Crippen LogP contribution in [0.25, 0.3) is 0 Å². The monoisotopic (exact) mass is 213 g/mol.